The van der Waals surface area contributed by atoms with Gasteiger partial charge in [0.1, 0.15) is 0 Å². The highest BCUT2D eigenvalue weighted by Crippen LogP contribution is 2.25. The average Bonchev–Trinajstić information content (AvgIpc) is 3.16. The van der Waals surface area contributed by atoms with Crippen LogP contribution < -0.4 is 5.32 Å². The van der Waals surface area contributed by atoms with Gasteiger partial charge in [0.15, 0.2) is 0 Å². The lowest BCUT2D eigenvalue weighted by molar-refractivity contribution is 0.692. The lowest BCUT2D eigenvalue weighted by atomic mass is 10.1. The Labute approximate surface area is 133 Å². The lowest BCUT2D eigenvalue weighted by Crippen LogP contribution is -2.16. The molecule has 0 radical (unpaired) electrons. The molecule has 0 saturated heterocycles. The normalized spacial score (nSPS) is 11.5. The number of pyridine rings is 1. The second kappa shape index (κ2) is 5.91. The summed E-state index contributed by atoms with van der Waals surface area (Å²) in [5.74, 6) is 0. The minimum atomic E-state index is 0.857. The topological polar surface area (TPSA) is 29.3 Å². The molecule has 1 aromatic carbocycles. The van der Waals surface area contributed by atoms with Crippen LogP contribution in [0.5, 0.6) is 0 Å². The van der Waals surface area contributed by atoms with Crippen molar-refractivity contribution in [1.82, 2.24) is 14.9 Å². The molecule has 0 unspecified atom stereocenters. The molecule has 0 aliphatic heterocycles. The van der Waals surface area contributed by atoms with Gasteiger partial charge in [0.05, 0.1) is 11.7 Å². The van der Waals surface area contributed by atoms with E-state index in [-0.39, 0.29) is 0 Å². The minimum Gasteiger partial charge on any atom is -0.312 e. The molecule has 0 spiro atoms. The summed E-state index contributed by atoms with van der Waals surface area (Å²) in [7, 11) is 0. The number of aromatic nitrogens is 2. The predicted molar refractivity (Wildman–Crippen MR) is 92.4 cm³/mol. The van der Waals surface area contributed by atoms with E-state index in [1.165, 1.54) is 26.7 Å². The SMILES string of the molecule is c1ccc2c(CCNCc3cnn4ccccc34)csc2c1. The largest absolute Gasteiger partial charge is 0.312 e. The van der Waals surface area contributed by atoms with Crippen molar-refractivity contribution in [3.8, 4) is 0 Å². The molecule has 0 aliphatic carbocycles. The predicted octanol–water partition coefficient (Wildman–Crippen LogP) is 3.88. The molecule has 0 fully saturated rings. The minimum absolute atomic E-state index is 0.857. The fourth-order valence-corrected chi connectivity index (χ4v) is 3.79. The first-order chi connectivity index (χ1) is 10.9. The zero-order valence-corrected chi connectivity index (χ0v) is 13.0. The Morgan fingerprint density at radius 3 is 2.95 bits per heavy atom. The highest BCUT2D eigenvalue weighted by molar-refractivity contribution is 7.17. The van der Waals surface area contributed by atoms with Gasteiger partial charge in [0.2, 0.25) is 0 Å². The highest BCUT2D eigenvalue weighted by Gasteiger charge is 2.04. The molecule has 0 atom stereocenters. The molecule has 3 aromatic heterocycles. The summed E-state index contributed by atoms with van der Waals surface area (Å²) in [5.41, 5.74) is 3.86. The first kappa shape index (κ1) is 13.5. The van der Waals surface area contributed by atoms with Crippen molar-refractivity contribution in [1.29, 1.82) is 0 Å². The summed E-state index contributed by atoms with van der Waals surface area (Å²) >= 11 is 1.83. The lowest BCUT2D eigenvalue weighted by Gasteiger charge is -2.03. The van der Waals surface area contributed by atoms with Gasteiger partial charge in [0, 0.05) is 23.0 Å². The van der Waals surface area contributed by atoms with Crippen LogP contribution in [0.3, 0.4) is 0 Å². The van der Waals surface area contributed by atoms with E-state index in [0.29, 0.717) is 0 Å². The van der Waals surface area contributed by atoms with Gasteiger partial charge in [-0.05, 0) is 47.5 Å². The fraction of sp³-hybridized carbons (Fsp3) is 0.167. The molecule has 0 aliphatic rings. The third-order valence-electron chi connectivity index (χ3n) is 3.95. The standard InChI is InChI=1S/C18H17N3S/c1-2-7-18-16(5-1)14(13-22-18)8-9-19-11-15-12-20-21-10-4-3-6-17(15)21/h1-7,10,12-13,19H,8-9,11H2. The van der Waals surface area contributed by atoms with E-state index < -0.39 is 0 Å². The third-order valence-corrected chi connectivity index (χ3v) is 4.97. The van der Waals surface area contributed by atoms with Crippen LogP contribution in [-0.2, 0) is 13.0 Å². The number of nitrogens with one attached hydrogen (secondary N) is 1. The van der Waals surface area contributed by atoms with Gasteiger partial charge in [0.25, 0.3) is 0 Å². The molecule has 4 rings (SSSR count). The van der Waals surface area contributed by atoms with E-state index in [0.717, 1.165) is 19.5 Å². The number of nitrogens with zero attached hydrogens (tertiary/aromatic N) is 2. The molecule has 22 heavy (non-hydrogen) atoms. The highest BCUT2D eigenvalue weighted by atomic mass is 32.1. The number of rotatable bonds is 5. The van der Waals surface area contributed by atoms with E-state index in [2.05, 4.69) is 52.2 Å². The van der Waals surface area contributed by atoms with Crippen molar-refractivity contribution in [3.05, 3.63) is 71.4 Å². The van der Waals surface area contributed by atoms with Crippen molar-refractivity contribution in [2.24, 2.45) is 0 Å². The van der Waals surface area contributed by atoms with Gasteiger partial charge < -0.3 is 5.32 Å². The maximum atomic E-state index is 4.37. The Morgan fingerprint density at radius 2 is 1.95 bits per heavy atom. The molecule has 3 nitrogen and oxygen atoms in total. The summed E-state index contributed by atoms with van der Waals surface area (Å²) in [6.45, 7) is 1.83. The number of benzene rings is 1. The molecular formula is C18H17N3S. The van der Waals surface area contributed by atoms with Crippen LogP contribution in [0.4, 0.5) is 0 Å². The van der Waals surface area contributed by atoms with Gasteiger partial charge in [-0.3, -0.25) is 0 Å². The van der Waals surface area contributed by atoms with Crippen LogP contribution in [-0.4, -0.2) is 16.2 Å². The number of hydrogen-bond acceptors (Lipinski definition) is 3. The molecule has 4 heteroatoms. The fourth-order valence-electron chi connectivity index (χ4n) is 2.80. The monoisotopic (exact) mass is 307 g/mol. The van der Waals surface area contributed by atoms with Crippen LogP contribution in [0.25, 0.3) is 15.6 Å². The molecule has 3 heterocycles. The molecule has 110 valence electrons. The molecule has 4 aromatic rings. The van der Waals surface area contributed by atoms with Gasteiger partial charge in [-0.1, -0.05) is 24.3 Å². The number of thiophene rings is 1. The van der Waals surface area contributed by atoms with E-state index in [4.69, 9.17) is 0 Å². The summed E-state index contributed by atoms with van der Waals surface area (Å²) < 4.78 is 3.30. The Bertz CT molecular complexity index is 831. The Kier molecular flexibility index (Phi) is 3.62. The maximum absolute atomic E-state index is 4.37. The van der Waals surface area contributed by atoms with Crippen molar-refractivity contribution >= 4 is 26.9 Å². The zero-order valence-electron chi connectivity index (χ0n) is 12.2. The Morgan fingerprint density at radius 1 is 1.05 bits per heavy atom. The van der Waals surface area contributed by atoms with Crippen molar-refractivity contribution in [2.45, 2.75) is 13.0 Å². The smallest absolute Gasteiger partial charge is 0.0706 e. The summed E-state index contributed by atoms with van der Waals surface area (Å²) in [6.07, 6.45) is 4.99. The van der Waals surface area contributed by atoms with Gasteiger partial charge >= 0.3 is 0 Å². The van der Waals surface area contributed by atoms with Crippen LogP contribution in [0.1, 0.15) is 11.1 Å². The summed E-state index contributed by atoms with van der Waals surface area (Å²) in [4.78, 5) is 0. The second-order valence-electron chi connectivity index (χ2n) is 5.38. The van der Waals surface area contributed by atoms with E-state index in [1.807, 2.05) is 34.3 Å². The van der Waals surface area contributed by atoms with E-state index in [1.54, 1.807) is 0 Å². The van der Waals surface area contributed by atoms with Gasteiger partial charge in [-0.2, -0.15) is 5.10 Å². The van der Waals surface area contributed by atoms with Crippen molar-refractivity contribution in [2.75, 3.05) is 6.54 Å². The van der Waals surface area contributed by atoms with E-state index in [9.17, 15) is 0 Å². The Balaban J connectivity index is 1.39. The van der Waals surface area contributed by atoms with Crippen molar-refractivity contribution in [3.63, 3.8) is 0 Å². The quantitative estimate of drug-likeness (QED) is 0.567. The molecule has 1 N–H and O–H groups in total. The molecule has 0 bridgehead atoms. The summed E-state index contributed by atoms with van der Waals surface area (Å²) in [6, 6.07) is 14.8. The van der Waals surface area contributed by atoms with Gasteiger partial charge in [-0.25, -0.2) is 4.52 Å². The average molecular weight is 307 g/mol. The molecular weight excluding hydrogens is 290 g/mol. The second-order valence-corrected chi connectivity index (χ2v) is 6.30. The third kappa shape index (κ3) is 2.51. The van der Waals surface area contributed by atoms with Crippen LogP contribution in [0.15, 0.2) is 60.2 Å². The molecule has 0 amide bonds. The Hall–Kier alpha value is -2.17. The maximum Gasteiger partial charge on any atom is 0.0706 e. The van der Waals surface area contributed by atoms with E-state index >= 15 is 0 Å². The first-order valence-electron chi connectivity index (χ1n) is 7.49. The van der Waals surface area contributed by atoms with Crippen LogP contribution in [0, 0.1) is 0 Å². The number of hydrogen-bond donors (Lipinski definition) is 1. The molecule has 0 saturated carbocycles. The van der Waals surface area contributed by atoms with Crippen molar-refractivity contribution < 1.29 is 0 Å². The van der Waals surface area contributed by atoms with Crippen LogP contribution >= 0.6 is 11.3 Å². The zero-order chi connectivity index (χ0) is 14.8. The van der Waals surface area contributed by atoms with Crippen LogP contribution in [0.2, 0.25) is 0 Å². The summed E-state index contributed by atoms with van der Waals surface area (Å²) in [5, 5.41) is 11.6. The first-order valence-corrected chi connectivity index (χ1v) is 8.37. The number of fused-ring (bicyclic) bond motifs is 2. The van der Waals surface area contributed by atoms with Gasteiger partial charge in [-0.15, -0.1) is 11.3 Å².